The van der Waals surface area contributed by atoms with Gasteiger partial charge in [-0.3, -0.25) is 4.99 Å². The maximum absolute atomic E-state index is 4.01. The molecule has 0 amide bonds. The fraction of sp³-hybridized carbons (Fsp3) is 0.200. The minimum absolute atomic E-state index is 0.745. The molecule has 1 aliphatic heterocycles. The van der Waals surface area contributed by atoms with Gasteiger partial charge in [-0.05, 0) is 0 Å². The van der Waals surface area contributed by atoms with E-state index >= 15 is 0 Å². The van der Waals surface area contributed by atoms with Gasteiger partial charge in [0.15, 0.2) is 0 Å². The summed E-state index contributed by atoms with van der Waals surface area (Å²) in [5.41, 5.74) is 1.10. The normalized spacial score (nSPS) is 14.5. The van der Waals surface area contributed by atoms with Gasteiger partial charge in [0.25, 0.3) is 0 Å². The van der Waals surface area contributed by atoms with Crippen LogP contribution in [-0.2, 0) is 6.67 Å². The molecule has 0 aromatic carbocycles. The van der Waals surface area contributed by atoms with E-state index in [2.05, 4.69) is 9.98 Å². The number of imidazole rings is 1. The fourth-order valence-electron chi connectivity index (χ4n) is 0.779. The SMILES string of the molecule is C1=NCn2cncc21. The van der Waals surface area contributed by atoms with E-state index < -0.39 is 0 Å². The molecule has 1 aliphatic rings. The standard InChI is InChI=1S/C5H5N3/c1-5-2-7-4-8(5)3-6-1/h1-3H,4H2. The molecule has 0 aliphatic carbocycles. The molecule has 0 spiro atoms. The molecule has 0 saturated carbocycles. The van der Waals surface area contributed by atoms with Gasteiger partial charge in [-0.2, -0.15) is 0 Å². The molecule has 0 atom stereocenters. The van der Waals surface area contributed by atoms with E-state index in [-0.39, 0.29) is 0 Å². The van der Waals surface area contributed by atoms with Gasteiger partial charge in [-0.15, -0.1) is 0 Å². The molecular weight excluding hydrogens is 102 g/mol. The Hall–Kier alpha value is -1.12. The van der Waals surface area contributed by atoms with Crippen LogP contribution in [-0.4, -0.2) is 15.8 Å². The van der Waals surface area contributed by atoms with Crippen LogP contribution in [0.4, 0.5) is 0 Å². The molecule has 0 fully saturated rings. The Bertz CT molecular complexity index is 223. The lowest BCUT2D eigenvalue weighted by atomic mass is 10.5. The van der Waals surface area contributed by atoms with Gasteiger partial charge in [0.1, 0.15) is 6.67 Å². The van der Waals surface area contributed by atoms with Crippen molar-refractivity contribution in [2.45, 2.75) is 6.67 Å². The van der Waals surface area contributed by atoms with Crippen molar-refractivity contribution >= 4 is 6.21 Å². The van der Waals surface area contributed by atoms with E-state index in [1.807, 2.05) is 10.8 Å². The largest absolute Gasteiger partial charge is 0.309 e. The highest BCUT2D eigenvalue weighted by Crippen LogP contribution is 2.01. The molecule has 2 rings (SSSR count). The maximum Gasteiger partial charge on any atom is 0.115 e. The Morgan fingerprint density at radius 3 is 3.50 bits per heavy atom. The number of nitrogens with zero attached hydrogens (tertiary/aromatic N) is 3. The van der Waals surface area contributed by atoms with Gasteiger partial charge in [0.2, 0.25) is 0 Å². The Morgan fingerprint density at radius 1 is 1.62 bits per heavy atom. The average Bonchev–Trinajstić information content (AvgIpc) is 2.15. The van der Waals surface area contributed by atoms with Crippen LogP contribution in [0.1, 0.15) is 5.69 Å². The van der Waals surface area contributed by atoms with Crippen molar-refractivity contribution in [3.8, 4) is 0 Å². The first-order valence-electron chi connectivity index (χ1n) is 2.47. The Kier molecular flexibility index (Phi) is 0.566. The first-order chi connectivity index (χ1) is 3.97. The summed E-state index contributed by atoms with van der Waals surface area (Å²) in [7, 11) is 0. The second kappa shape index (κ2) is 1.18. The van der Waals surface area contributed by atoms with Crippen molar-refractivity contribution in [1.82, 2.24) is 9.55 Å². The van der Waals surface area contributed by atoms with Gasteiger partial charge < -0.3 is 4.57 Å². The summed E-state index contributed by atoms with van der Waals surface area (Å²) < 4.78 is 1.99. The second-order valence-corrected chi connectivity index (χ2v) is 1.74. The van der Waals surface area contributed by atoms with Crippen LogP contribution in [0.3, 0.4) is 0 Å². The number of aromatic nitrogens is 2. The molecular formula is C5H5N3. The van der Waals surface area contributed by atoms with E-state index in [9.17, 15) is 0 Å². The number of aliphatic imine (C=N–C) groups is 1. The Morgan fingerprint density at radius 2 is 2.62 bits per heavy atom. The second-order valence-electron chi connectivity index (χ2n) is 1.74. The minimum Gasteiger partial charge on any atom is -0.309 e. The smallest absolute Gasteiger partial charge is 0.115 e. The first kappa shape index (κ1) is 3.83. The van der Waals surface area contributed by atoms with E-state index in [4.69, 9.17) is 0 Å². The van der Waals surface area contributed by atoms with E-state index in [1.54, 1.807) is 12.5 Å². The first-order valence-corrected chi connectivity index (χ1v) is 2.47. The molecule has 3 nitrogen and oxygen atoms in total. The lowest BCUT2D eigenvalue weighted by Gasteiger charge is -1.86. The van der Waals surface area contributed by atoms with Crippen LogP contribution < -0.4 is 0 Å². The van der Waals surface area contributed by atoms with Crippen LogP contribution in [0.25, 0.3) is 0 Å². The summed E-state index contributed by atoms with van der Waals surface area (Å²) in [6.07, 6.45) is 5.41. The van der Waals surface area contributed by atoms with Gasteiger partial charge in [0, 0.05) is 6.21 Å². The van der Waals surface area contributed by atoms with Gasteiger partial charge in [-0.25, -0.2) is 4.98 Å². The number of fused-ring (bicyclic) bond motifs is 1. The highest BCUT2D eigenvalue weighted by atomic mass is 15.2. The number of rotatable bonds is 0. The van der Waals surface area contributed by atoms with Crippen LogP contribution in [0.2, 0.25) is 0 Å². The fourth-order valence-corrected chi connectivity index (χ4v) is 0.779. The predicted octanol–water partition coefficient (Wildman–Crippen LogP) is 0.273. The average molecular weight is 107 g/mol. The molecule has 0 radical (unpaired) electrons. The van der Waals surface area contributed by atoms with Crippen LogP contribution in [0.15, 0.2) is 17.5 Å². The van der Waals surface area contributed by atoms with Crippen molar-refractivity contribution in [2.75, 3.05) is 0 Å². The van der Waals surface area contributed by atoms with Crippen molar-refractivity contribution < 1.29 is 0 Å². The third-order valence-corrected chi connectivity index (χ3v) is 1.20. The summed E-state index contributed by atoms with van der Waals surface area (Å²) in [4.78, 5) is 7.92. The minimum atomic E-state index is 0.745. The summed E-state index contributed by atoms with van der Waals surface area (Å²) >= 11 is 0. The zero-order valence-corrected chi connectivity index (χ0v) is 4.28. The highest BCUT2D eigenvalue weighted by molar-refractivity contribution is 5.78. The molecule has 8 heavy (non-hydrogen) atoms. The lowest BCUT2D eigenvalue weighted by molar-refractivity contribution is 0.759. The summed E-state index contributed by atoms with van der Waals surface area (Å²) in [6.45, 7) is 0.745. The van der Waals surface area contributed by atoms with Crippen LogP contribution in [0, 0.1) is 0 Å². The molecule has 0 unspecified atom stereocenters. The third kappa shape index (κ3) is 0.332. The predicted molar refractivity (Wildman–Crippen MR) is 29.8 cm³/mol. The number of hydrogen-bond acceptors (Lipinski definition) is 2. The quantitative estimate of drug-likeness (QED) is 0.468. The molecule has 1 aromatic heterocycles. The summed E-state index contributed by atoms with van der Waals surface area (Å²) in [5.74, 6) is 0. The lowest BCUT2D eigenvalue weighted by Crippen LogP contribution is -1.88. The highest BCUT2D eigenvalue weighted by Gasteiger charge is 2.00. The molecule has 3 heteroatoms. The topological polar surface area (TPSA) is 30.2 Å². The summed E-state index contributed by atoms with van der Waals surface area (Å²) in [5, 5.41) is 0. The zero-order valence-electron chi connectivity index (χ0n) is 4.28. The van der Waals surface area contributed by atoms with Crippen molar-refractivity contribution in [3.05, 3.63) is 18.2 Å². The van der Waals surface area contributed by atoms with E-state index in [1.165, 1.54) is 0 Å². The van der Waals surface area contributed by atoms with Crippen molar-refractivity contribution in [1.29, 1.82) is 0 Å². The molecule has 2 heterocycles. The molecule has 40 valence electrons. The van der Waals surface area contributed by atoms with Gasteiger partial charge in [0.05, 0.1) is 18.2 Å². The summed E-state index contributed by atoms with van der Waals surface area (Å²) in [6, 6.07) is 0. The zero-order chi connectivity index (χ0) is 5.40. The Labute approximate surface area is 46.7 Å². The number of hydrogen-bond donors (Lipinski definition) is 0. The van der Waals surface area contributed by atoms with Crippen molar-refractivity contribution in [2.24, 2.45) is 4.99 Å². The van der Waals surface area contributed by atoms with Gasteiger partial charge >= 0.3 is 0 Å². The van der Waals surface area contributed by atoms with Crippen molar-refractivity contribution in [3.63, 3.8) is 0 Å². The maximum atomic E-state index is 4.01. The molecule has 0 saturated heterocycles. The van der Waals surface area contributed by atoms with Gasteiger partial charge in [-0.1, -0.05) is 0 Å². The molecule has 0 N–H and O–H groups in total. The molecule has 1 aromatic rings. The van der Waals surface area contributed by atoms with Crippen LogP contribution >= 0.6 is 0 Å². The van der Waals surface area contributed by atoms with E-state index in [0.717, 1.165) is 12.4 Å². The van der Waals surface area contributed by atoms with Crippen LogP contribution in [0.5, 0.6) is 0 Å². The third-order valence-electron chi connectivity index (χ3n) is 1.20. The molecule has 0 bridgehead atoms. The van der Waals surface area contributed by atoms with E-state index in [0.29, 0.717) is 0 Å². The Balaban J connectivity index is 2.67. The monoisotopic (exact) mass is 107 g/mol.